The average molecular weight is 260 g/mol. The van der Waals surface area contributed by atoms with Gasteiger partial charge >= 0.3 is 12.3 Å². The topological polar surface area (TPSA) is 50.4 Å². The minimum absolute atomic E-state index is 0.167. The summed E-state index contributed by atoms with van der Waals surface area (Å²) >= 11 is 0. The highest BCUT2D eigenvalue weighted by Gasteiger charge is 2.30. The van der Waals surface area contributed by atoms with Crippen molar-refractivity contribution in [3.8, 4) is 0 Å². The number of nitrogens with one attached hydrogen (secondary N) is 2. The van der Waals surface area contributed by atoms with E-state index in [-0.39, 0.29) is 11.8 Å². The van der Waals surface area contributed by atoms with E-state index in [1.807, 2.05) is 0 Å². The van der Waals surface area contributed by atoms with E-state index in [0.717, 1.165) is 12.1 Å². The molecule has 1 saturated heterocycles. The molecule has 1 fully saturated rings. The lowest BCUT2D eigenvalue weighted by Crippen LogP contribution is -2.49. The maximum atomic E-state index is 12.3. The number of ether oxygens (including phenoxy) is 1. The maximum Gasteiger partial charge on any atom is 0.416 e. The van der Waals surface area contributed by atoms with Gasteiger partial charge in [-0.05, 0) is 24.3 Å². The highest BCUT2D eigenvalue weighted by atomic mass is 19.4. The van der Waals surface area contributed by atoms with Gasteiger partial charge in [0.1, 0.15) is 6.10 Å². The van der Waals surface area contributed by atoms with Crippen LogP contribution in [0.3, 0.4) is 0 Å². The average Bonchev–Trinajstić information content (AvgIpc) is 2.23. The first-order valence-electron chi connectivity index (χ1n) is 5.31. The van der Waals surface area contributed by atoms with E-state index in [0.29, 0.717) is 13.1 Å². The second-order valence-corrected chi connectivity index (χ2v) is 3.89. The molecule has 1 aromatic rings. The molecule has 0 aromatic heterocycles. The number of amides is 1. The minimum Gasteiger partial charge on any atom is -0.443 e. The fraction of sp³-hybridized carbons (Fsp3) is 0.364. The summed E-state index contributed by atoms with van der Waals surface area (Å²) in [6.45, 7) is 1.20. The van der Waals surface area contributed by atoms with Gasteiger partial charge < -0.3 is 10.1 Å². The van der Waals surface area contributed by atoms with Crippen LogP contribution in [0.25, 0.3) is 0 Å². The maximum absolute atomic E-state index is 12.3. The second-order valence-electron chi connectivity index (χ2n) is 3.89. The zero-order valence-electron chi connectivity index (χ0n) is 9.25. The lowest BCUT2D eigenvalue weighted by atomic mass is 10.2. The molecular weight excluding hydrogens is 249 g/mol. The molecule has 1 amide bonds. The molecule has 4 nitrogen and oxygen atoms in total. The fourth-order valence-corrected chi connectivity index (χ4v) is 1.39. The third-order valence-electron chi connectivity index (χ3n) is 2.48. The molecule has 2 N–H and O–H groups in total. The number of carbonyl (C=O) groups is 1. The van der Waals surface area contributed by atoms with Crippen molar-refractivity contribution in [1.82, 2.24) is 5.32 Å². The second kappa shape index (κ2) is 4.85. The number of rotatable bonds is 2. The first-order valence-corrected chi connectivity index (χ1v) is 5.31. The van der Waals surface area contributed by atoms with E-state index in [2.05, 4.69) is 10.6 Å². The number of alkyl halides is 3. The molecule has 2 rings (SSSR count). The highest BCUT2D eigenvalue weighted by molar-refractivity contribution is 5.84. The quantitative estimate of drug-likeness (QED) is 0.857. The summed E-state index contributed by atoms with van der Waals surface area (Å²) in [7, 11) is 0. The Labute approximate surface area is 101 Å². The van der Waals surface area contributed by atoms with E-state index in [4.69, 9.17) is 4.74 Å². The third kappa shape index (κ3) is 3.13. The molecule has 0 unspecified atom stereocenters. The van der Waals surface area contributed by atoms with Crippen LogP contribution in [0.2, 0.25) is 0 Å². The largest absolute Gasteiger partial charge is 0.443 e. The predicted octanol–water partition coefficient (Wildman–Crippen LogP) is 2.23. The molecule has 1 aliphatic heterocycles. The molecule has 0 bridgehead atoms. The Morgan fingerprint density at radius 1 is 1.28 bits per heavy atom. The first kappa shape index (κ1) is 12.7. The summed E-state index contributed by atoms with van der Waals surface area (Å²) in [6, 6.07) is 4.17. The van der Waals surface area contributed by atoms with E-state index < -0.39 is 17.8 Å². The van der Waals surface area contributed by atoms with Gasteiger partial charge in [0.05, 0.1) is 5.56 Å². The molecule has 1 aliphatic rings. The van der Waals surface area contributed by atoms with Gasteiger partial charge in [0, 0.05) is 18.8 Å². The van der Waals surface area contributed by atoms with Gasteiger partial charge in [-0.3, -0.25) is 5.32 Å². The van der Waals surface area contributed by atoms with Crippen LogP contribution in [0.15, 0.2) is 24.3 Å². The van der Waals surface area contributed by atoms with Gasteiger partial charge in [-0.15, -0.1) is 0 Å². The summed E-state index contributed by atoms with van der Waals surface area (Å²) in [6.07, 6.45) is -5.21. The third-order valence-corrected chi connectivity index (χ3v) is 2.48. The molecule has 0 saturated carbocycles. The highest BCUT2D eigenvalue weighted by Crippen LogP contribution is 2.29. The Kier molecular flexibility index (Phi) is 3.42. The number of carbonyl (C=O) groups excluding carboxylic acids is 1. The van der Waals surface area contributed by atoms with Crippen molar-refractivity contribution >= 4 is 11.8 Å². The lowest BCUT2D eigenvalue weighted by Gasteiger charge is -2.26. The molecule has 0 atom stereocenters. The summed E-state index contributed by atoms with van der Waals surface area (Å²) < 4.78 is 41.8. The zero-order chi connectivity index (χ0) is 13.2. The van der Waals surface area contributed by atoms with E-state index in [1.165, 1.54) is 12.1 Å². The minimum atomic E-state index is -4.38. The lowest BCUT2D eigenvalue weighted by molar-refractivity contribution is -0.137. The van der Waals surface area contributed by atoms with Crippen LogP contribution < -0.4 is 10.6 Å². The number of benzene rings is 1. The van der Waals surface area contributed by atoms with Crippen molar-refractivity contribution in [1.29, 1.82) is 0 Å². The Hall–Kier alpha value is -1.76. The van der Waals surface area contributed by atoms with E-state index >= 15 is 0 Å². The van der Waals surface area contributed by atoms with Crippen molar-refractivity contribution in [2.75, 3.05) is 18.4 Å². The smallest absolute Gasteiger partial charge is 0.416 e. The van der Waals surface area contributed by atoms with Crippen molar-refractivity contribution in [2.24, 2.45) is 0 Å². The molecule has 0 radical (unpaired) electrons. The Morgan fingerprint density at radius 3 is 2.33 bits per heavy atom. The van der Waals surface area contributed by atoms with Crippen LogP contribution in [-0.2, 0) is 10.9 Å². The summed E-state index contributed by atoms with van der Waals surface area (Å²) in [4.78, 5) is 11.3. The summed E-state index contributed by atoms with van der Waals surface area (Å²) in [5, 5.41) is 5.29. The van der Waals surface area contributed by atoms with Gasteiger partial charge in [-0.2, -0.15) is 13.2 Å². The standard InChI is InChI=1S/C11H11F3N2O2/c12-11(13,14)7-1-3-8(4-2-7)16-10(17)18-9-5-15-6-9/h1-4,9,15H,5-6H2,(H,16,17). The van der Waals surface area contributed by atoms with Gasteiger partial charge in [-0.1, -0.05) is 0 Å². The van der Waals surface area contributed by atoms with Crippen molar-refractivity contribution in [2.45, 2.75) is 12.3 Å². The zero-order valence-corrected chi connectivity index (χ0v) is 9.25. The number of hydrogen-bond acceptors (Lipinski definition) is 3. The summed E-state index contributed by atoms with van der Waals surface area (Å²) in [5.74, 6) is 0. The van der Waals surface area contributed by atoms with Crippen LogP contribution in [0.5, 0.6) is 0 Å². The van der Waals surface area contributed by atoms with Gasteiger partial charge in [0.2, 0.25) is 0 Å². The van der Waals surface area contributed by atoms with E-state index in [9.17, 15) is 18.0 Å². The first-order chi connectivity index (χ1) is 8.45. The van der Waals surface area contributed by atoms with E-state index in [1.54, 1.807) is 0 Å². The molecule has 1 heterocycles. The predicted molar refractivity (Wildman–Crippen MR) is 58.2 cm³/mol. The number of anilines is 1. The Bertz CT molecular complexity index is 427. The van der Waals surface area contributed by atoms with Crippen molar-refractivity contribution < 1.29 is 22.7 Å². The fourth-order valence-electron chi connectivity index (χ4n) is 1.39. The monoisotopic (exact) mass is 260 g/mol. The summed E-state index contributed by atoms with van der Waals surface area (Å²) in [5.41, 5.74) is -0.495. The van der Waals surface area contributed by atoms with Gasteiger partial charge in [-0.25, -0.2) is 4.79 Å². The number of hydrogen-bond donors (Lipinski definition) is 2. The molecule has 7 heteroatoms. The molecular formula is C11H11F3N2O2. The van der Waals surface area contributed by atoms with Crippen LogP contribution in [-0.4, -0.2) is 25.3 Å². The van der Waals surface area contributed by atoms with Gasteiger partial charge in [0.25, 0.3) is 0 Å². The van der Waals surface area contributed by atoms with Crippen LogP contribution in [0.1, 0.15) is 5.56 Å². The van der Waals surface area contributed by atoms with Gasteiger partial charge in [0.15, 0.2) is 0 Å². The molecule has 0 aliphatic carbocycles. The normalized spacial score (nSPS) is 15.9. The number of halogens is 3. The van der Waals surface area contributed by atoms with Crippen LogP contribution >= 0.6 is 0 Å². The van der Waals surface area contributed by atoms with Crippen molar-refractivity contribution in [3.63, 3.8) is 0 Å². The van der Waals surface area contributed by atoms with Crippen LogP contribution in [0.4, 0.5) is 23.7 Å². The molecule has 0 spiro atoms. The van der Waals surface area contributed by atoms with Crippen molar-refractivity contribution in [3.05, 3.63) is 29.8 Å². The van der Waals surface area contributed by atoms with Crippen LogP contribution in [0, 0.1) is 0 Å². The molecule has 1 aromatic carbocycles. The molecule has 98 valence electrons. The molecule has 18 heavy (non-hydrogen) atoms. The Morgan fingerprint density at radius 2 is 1.89 bits per heavy atom. The Balaban J connectivity index is 1.91. The SMILES string of the molecule is O=C(Nc1ccc(C(F)(F)F)cc1)OC1CNC1.